The first-order chi connectivity index (χ1) is 15.0. The molecular weight excluding hydrogens is 425 g/mol. The topological polar surface area (TPSA) is 67.8 Å². The molecule has 1 saturated heterocycles. The van der Waals surface area contributed by atoms with E-state index in [2.05, 4.69) is 9.97 Å². The molecule has 10 heteroatoms. The minimum absolute atomic E-state index is 0.153. The molecule has 1 aliphatic heterocycles. The molecule has 2 aromatic heterocycles. The maximum absolute atomic E-state index is 12.7. The number of rotatable bonds is 6. The molecule has 0 aliphatic carbocycles. The number of carbonyl (C=O) groups excluding carboxylic acids is 1. The van der Waals surface area contributed by atoms with Crippen molar-refractivity contribution in [2.24, 2.45) is 0 Å². The van der Waals surface area contributed by atoms with E-state index in [1.54, 1.807) is 17.0 Å². The molecule has 0 radical (unpaired) electrons. The minimum atomic E-state index is -4.41. The highest BCUT2D eigenvalue weighted by Gasteiger charge is 2.31. The van der Waals surface area contributed by atoms with E-state index in [1.807, 2.05) is 25.7 Å². The van der Waals surface area contributed by atoms with Crippen molar-refractivity contribution in [1.82, 2.24) is 14.9 Å². The van der Waals surface area contributed by atoms with Crippen LogP contribution in [0, 0.1) is 0 Å². The van der Waals surface area contributed by atoms with E-state index in [4.69, 9.17) is 9.47 Å². The average molecular weight is 452 g/mol. The second kappa shape index (κ2) is 9.72. The number of anilines is 1. The second-order valence-electron chi connectivity index (χ2n) is 8.38. The van der Waals surface area contributed by atoms with E-state index in [0.717, 1.165) is 12.3 Å². The quantitative estimate of drug-likeness (QED) is 0.624. The van der Waals surface area contributed by atoms with E-state index in [9.17, 15) is 18.0 Å². The fourth-order valence-corrected chi connectivity index (χ4v) is 3.15. The molecule has 174 valence electrons. The molecular formula is C22H27F3N4O3. The van der Waals surface area contributed by atoms with Gasteiger partial charge in [0.2, 0.25) is 5.88 Å². The summed E-state index contributed by atoms with van der Waals surface area (Å²) in [5.41, 5.74) is -0.569. The van der Waals surface area contributed by atoms with E-state index in [1.165, 1.54) is 12.3 Å². The van der Waals surface area contributed by atoms with Crippen molar-refractivity contribution < 1.29 is 27.4 Å². The van der Waals surface area contributed by atoms with Crippen LogP contribution in [0.5, 0.6) is 5.88 Å². The van der Waals surface area contributed by atoms with Gasteiger partial charge in [0.1, 0.15) is 12.4 Å². The number of nitrogens with zero attached hydrogens (tertiary/aromatic N) is 4. The Kier molecular flexibility index (Phi) is 7.22. The van der Waals surface area contributed by atoms with Gasteiger partial charge in [0.25, 0.3) is 5.91 Å². The number of piperazine rings is 1. The van der Waals surface area contributed by atoms with Crippen LogP contribution in [0.1, 0.15) is 36.7 Å². The van der Waals surface area contributed by atoms with Crippen LogP contribution in [0.15, 0.2) is 36.7 Å². The third-order valence-electron chi connectivity index (χ3n) is 4.82. The van der Waals surface area contributed by atoms with Gasteiger partial charge in [-0.3, -0.25) is 4.79 Å². The summed E-state index contributed by atoms with van der Waals surface area (Å²) in [4.78, 5) is 24.4. The van der Waals surface area contributed by atoms with Gasteiger partial charge in [-0.2, -0.15) is 13.2 Å². The van der Waals surface area contributed by atoms with Gasteiger partial charge in [0, 0.05) is 44.6 Å². The van der Waals surface area contributed by atoms with Gasteiger partial charge in [-0.15, -0.1) is 0 Å². The first-order valence-corrected chi connectivity index (χ1v) is 10.3. The first kappa shape index (κ1) is 23.8. The van der Waals surface area contributed by atoms with Gasteiger partial charge < -0.3 is 19.3 Å². The zero-order valence-electron chi connectivity index (χ0n) is 18.4. The molecule has 2 aromatic rings. The zero-order valence-corrected chi connectivity index (χ0v) is 18.4. The number of pyridine rings is 2. The number of aromatic nitrogens is 2. The summed E-state index contributed by atoms with van der Waals surface area (Å²) in [5.74, 6) is 0.723. The largest absolute Gasteiger partial charge is 0.475 e. The predicted molar refractivity (Wildman–Crippen MR) is 113 cm³/mol. The maximum atomic E-state index is 12.7. The normalized spacial score (nSPS) is 15.1. The van der Waals surface area contributed by atoms with Gasteiger partial charge in [-0.25, -0.2) is 9.97 Å². The van der Waals surface area contributed by atoms with Crippen LogP contribution < -0.4 is 9.64 Å². The Morgan fingerprint density at radius 1 is 0.969 bits per heavy atom. The fourth-order valence-electron chi connectivity index (χ4n) is 3.15. The summed E-state index contributed by atoms with van der Waals surface area (Å²) in [6.45, 7) is 8.51. The standard InChI is InChI=1S/C22H27F3N4O3/c1-21(2,3)32-13-12-31-19-7-4-16(14-27-19)20(30)29-10-8-28(9-11-29)18-6-5-17(15-26-18)22(23,24)25/h4-7,14-15H,8-13H2,1-3H3. The van der Waals surface area contributed by atoms with Crippen molar-refractivity contribution in [1.29, 1.82) is 0 Å². The van der Waals surface area contributed by atoms with Crippen molar-refractivity contribution in [3.63, 3.8) is 0 Å². The Morgan fingerprint density at radius 2 is 1.69 bits per heavy atom. The Labute approximate surface area is 185 Å². The lowest BCUT2D eigenvalue weighted by Crippen LogP contribution is -2.49. The lowest BCUT2D eigenvalue weighted by molar-refractivity contribution is -0.137. The van der Waals surface area contributed by atoms with Crippen LogP contribution in [-0.4, -0.2) is 65.8 Å². The number of alkyl halides is 3. The summed E-state index contributed by atoms with van der Waals surface area (Å²) in [5, 5.41) is 0. The summed E-state index contributed by atoms with van der Waals surface area (Å²) in [6.07, 6.45) is -2.10. The van der Waals surface area contributed by atoms with Crippen molar-refractivity contribution in [3.05, 3.63) is 47.8 Å². The Morgan fingerprint density at radius 3 is 2.22 bits per heavy atom. The second-order valence-corrected chi connectivity index (χ2v) is 8.38. The molecule has 3 rings (SSSR count). The summed E-state index contributed by atoms with van der Waals surface area (Å²) in [7, 11) is 0. The molecule has 1 fully saturated rings. The van der Waals surface area contributed by atoms with Gasteiger partial charge in [0.05, 0.1) is 23.3 Å². The molecule has 32 heavy (non-hydrogen) atoms. The number of amides is 1. The highest BCUT2D eigenvalue weighted by Crippen LogP contribution is 2.29. The van der Waals surface area contributed by atoms with Crippen molar-refractivity contribution in [3.8, 4) is 5.88 Å². The van der Waals surface area contributed by atoms with Gasteiger partial charge >= 0.3 is 6.18 Å². The molecule has 0 unspecified atom stereocenters. The lowest BCUT2D eigenvalue weighted by Gasteiger charge is -2.35. The molecule has 3 heterocycles. The van der Waals surface area contributed by atoms with Crippen LogP contribution in [0.25, 0.3) is 0 Å². The smallest absolute Gasteiger partial charge is 0.417 e. The van der Waals surface area contributed by atoms with E-state index in [0.29, 0.717) is 56.7 Å². The van der Waals surface area contributed by atoms with Gasteiger partial charge in [-0.1, -0.05) is 0 Å². The van der Waals surface area contributed by atoms with Gasteiger partial charge in [-0.05, 0) is 39.0 Å². The summed E-state index contributed by atoms with van der Waals surface area (Å²) < 4.78 is 49.2. The van der Waals surface area contributed by atoms with E-state index in [-0.39, 0.29) is 11.5 Å². The Hall–Kier alpha value is -2.88. The molecule has 0 aromatic carbocycles. The number of hydrogen-bond donors (Lipinski definition) is 0. The van der Waals surface area contributed by atoms with Crippen LogP contribution in [0.3, 0.4) is 0 Å². The highest BCUT2D eigenvalue weighted by molar-refractivity contribution is 5.94. The number of hydrogen-bond acceptors (Lipinski definition) is 6. The molecule has 7 nitrogen and oxygen atoms in total. The lowest BCUT2D eigenvalue weighted by atomic mass is 10.2. The molecule has 1 aliphatic rings. The number of ether oxygens (including phenoxy) is 2. The number of carbonyl (C=O) groups is 1. The monoisotopic (exact) mass is 452 g/mol. The van der Waals surface area contributed by atoms with Crippen LogP contribution in [0.2, 0.25) is 0 Å². The molecule has 0 spiro atoms. The van der Waals surface area contributed by atoms with E-state index >= 15 is 0 Å². The highest BCUT2D eigenvalue weighted by atomic mass is 19.4. The first-order valence-electron chi connectivity index (χ1n) is 10.3. The van der Waals surface area contributed by atoms with Gasteiger partial charge in [0.15, 0.2) is 0 Å². The third kappa shape index (κ3) is 6.56. The maximum Gasteiger partial charge on any atom is 0.417 e. The van der Waals surface area contributed by atoms with E-state index < -0.39 is 11.7 Å². The number of halogens is 3. The molecule has 0 bridgehead atoms. The molecule has 0 atom stereocenters. The molecule has 1 amide bonds. The Balaban J connectivity index is 1.48. The van der Waals surface area contributed by atoms with Crippen molar-refractivity contribution in [2.75, 3.05) is 44.3 Å². The summed E-state index contributed by atoms with van der Waals surface area (Å²) >= 11 is 0. The Bertz CT molecular complexity index is 889. The van der Waals surface area contributed by atoms with Crippen molar-refractivity contribution in [2.45, 2.75) is 32.5 Å². The molecule has 0 saturated carbocycles. The van der Waals surface area contributed by atoms with Crippen LogP contribution in [-0.2, 0) is 10.9 Å². The SMILES string of the molecule is CC(C)(C)OCCOc1ccc(C(=O)N2CCN(c3ccc(C(F)(F)F)cn3)CC2)cn1. The van der Waals surface area contributed by atoms with Crippen LogP contribution in [0.4, 0.5) is 19.0 Å². The van der Waals surface area contributed by atoms with Crippen molar-refractivity contribution >= 4 is 11.7 Å². The third-order valence-corrected chi connectivity index (χ3v) is 4.82. The zero-order chi connectivity index (χ0) is 23.4. The average Bonchev–Trinajstić information content (AvgIpc) is 2.76. The molecule has 0 N–H and O–H groups in total. The van der Waals surface area contributed by atoms with Crippen LogP contribution >= 0.6 is 0 Å². The summed E-state index contributed by atoms with van der Waals surface area (Å²) in [6, 6.07) is 5.69. The minimum Gasteiger partial charge on any atom is -0.475 e. The predicted octanol–water partition coefficient (Wildman–Crippen LogP) is 3.65. The fraction of sp³-hybridized carbons (Fsp3) is 0.500.